The van der Waals surface area contributed by atoms with Gasteiger partial charge < -0.3 is 0 Å². The van der Waals surface area contributed by atoms with E-state index in [1.807, 2.05) is 6.07 Å². The van der Waals surface area contributed by atoms with Gasteiger partial charge in [-0.15, -0.1) is 0 Å². The highest BCUT2D eigenvalue weighted by molar-refractivity contribution is 9.10. The van der Waals surface area contributed by atoms with Crippen LogP contribution in [0.5, 0.6) is 0 Å². The van der Waals surface area contributed by atoms with Gasteiger partial charge in [0.2, 0.25) is 0 Å². The van der Waals surface area contributed by atoms with Crippen molar-refractivity contribution in [3.63, 3.8) is 0 Å². The minimum atomic E-state index is -3.60. The second-order valence-electron chi connectivity index (χ2n) is 5.71. The summed E-state index contributed by atoms with van der Waals surface area (Å²) in [5.74, 6) is -0.534. The molecule has 0 saturated heterocycles. The standard InChI is InChI=1S/C20H14BrClO3S/c21-16-7-10-18(11-8-16)26(24,25)13-15-6-9-17(22)12-19(15)20(23)14-4-2-1-3-5-14/h1-12H,13H2. The van der Waals surface area contributed by atoms with E-state index in [4.69, 9.17) is 11.6 Å². The third kappa shape index (κ3) is 4.23. The average Bonchev–Trinajstić information content (AvgIpc) is 2.63. The molecule has 0 amide bonds. The second-order valence-corrected chi connectivity index (χ2v) is 9.05. The molecule has 0 heterocycles. The maximum absolute atomic E-state index is 12.8. The Morgan fingerprint density at radius 3 is 2.23 bits per heavy atom. The Hall–Kier alpha value is -1.95. The summed E-state index contributed by atoms with van der Waals surface area (Å²) in [4.78, 5) is 13.0. The molecule has 3 aromatic rings. The SMILES string of the molecule is O=C(c1ccccc1)c1cc(Cl)ccc1CS(=O)(=O)c1ccc(Br)cc1. The lowest BCUT2D eigenvalue weighted by atomic mass is 9.99. The Labute approximate surface area is 165 Å². The lowest BCUT2D eigenvalue weighted by molar-refractivity contribution is 0.103. The van der Waals surface area contributed by atoms with Crippen molar-refractivity contribution < 1.29 is 13.2 Å². The van der Waals surface area contributed by atoms with Gasteiger partial charge in [0, 0.05) is 20.6 Å². The van der Waals surface area contributed by atoms with Crippen LogP contribution in [-0.2, 0) is 15.6 Å². The van der Waals surface area contributed by atoms with Gasteiger partial charge in [0.15, 0.2) is 15.6 Å². The van der Waals surface area contributed by atoms with Crippen LogP contribution in [0.3, 0.4) is 0 Å². The van der Waals surface area contributed by atoms with Gasteiger partial charge in [0.1, 0.15) is 0 Å². The maximum atomic E-state index is 12.8. The highest BCUT2D eigenvalue weighted by atomic mass is 79.9. The molecule has 3 rings (SSSR count). The highest BCUT2D eigenvalue weighted by Crippen LogP contribution is 2.25. The van der Waals surface area contributed by atoms with Gasteiger partial charge in [0.25, 0.3) is 0 Å². The fourth-order valence-electron chi connectivity index (χ4n) is 2.56. The van der Waals surface area contributed by atoms with E-state index in [2.05, 4.69) is 15.9 Å². The zero-order valence-corrected chi connectivity index (χ0v) is 16.7. The van der Waals surface area contributed by atoms with E-state index >= 15 is 0 Å². The zero-order chi connectivity index (χ0) is 18.7. The van der Waals surface area contributed by atoms with Gasteiger partial charge in [0.05, 0.1) is 10.6 Å². The molecule has 26 heavy (non-hydrogen) atoms. The Bertz CT molecular complexity index is 1050. The topological polar surface area (TPSA) is 51.2 Å². The van der Waals surface area contributed by atoms with Crippen molar-refractivity contribution in [3.05, 3.63) is 99.0 Å². The monoisotopic (exact) mass is 448 g/mol. The van der Waals surface area contributed by atoms with Crippen LogP contribution in [0, 0.1) is 0 Å². The molecule has 0 saturated carbocycles. The molecule has 0 aliphatic carbocycles. The summed E-state index contributed by atoms with van der Waals surface area (Å²) >= 11 is 9.34. The number of sulfone groups is 1. The van der Waals surface area contributed by atoms with E-state index in [9.17, 15) is 13.2 Å². The van der Waals surface area contributed by atoms with Crippen molar-refractivity contribution in [2.24, 2.45) is 0 Å². The normalized spacial score (nSPS) is 11.3. The number of hydrogen-bond donors (Lipinski definition) is 0. The van der Waals surface area contributed by atoms with Gasteiger partial charge in [-0.25, -0.2) is 8.42 Å². The third-order valence-electron chi connectivity index (χ3n) is 3.87. The van der Waals surface area contributed by atoms with Gasteiger partial charge in [-0.2, -0.15) is 0 Å². The van der Waals surface area contributed by atoms with Gasteiger partial charge in [-0.3, -0.25) is 4.79 Å². The first-order valence-corrected chi connectivity index (χ1v) is 10.6. The van der Waals surface area contributed by atoms with Crippen molar-refractivity contribution in [2.45, 2.75) is 10.6 Å². The quantitative estimate of drug-likeness (QED) is 0.496. The molecule has 0 bridgehead atoms. The largest absolute Gasteiger partial charge is 0.289 e. The third-order valence-corrected chi connectivity index (χ3v) is 6.32. The number of carbonyl (C=O) groups is 1. The number of rotatable bonds is 5. The molecule has 0 radical (unpaired) electrons. The lowest BCUT2D eigenvalue weighted by Crippen LogP contribution is -2.11. The number of carbonyl (C=O) groups excluding carboxylic acids is 1. The van der Waals surface area contributed by atoms with Crippen LogP contribution < -0.4 is 0 Å². The Kier molecular flexibility index (Phi) is 5.61. The predicted molar refractivity (Wildman–Crippen MR) is 106 cm³/mol. The molecular formula is C20H14BrClO3S. The molecule has 0 aliphatic heterocycles. The van der Waals surface area contributed by atoms with Crippen LogP contribution in [0.2, 0.25) is 5.02 Å². The molecule has 0 aromatic heterocycles. The van der Waals surface area contributed by atoms with E-state index in [0.29, 0.717) is 21.7 Å². The predicted octanol–water partition coefficient (Wildman–Crippen LogP) is 5.31. The number of ketones is 1. The molecule has 6 heteroatoms. The average molecular weight is 450 g/mol. The molecule has 0 atom stereocenters. The molecule has 0 aliphatic rings. The van der Waals surface area contributed by atoms with E-state index < -0.39 is 9.84 Å². The minimum absolute atomic E-state index is 0.203. The van der Waals surface area contributed by atoms with Gasteiger partial charge in [-0.05, 0) is 42.0 Å². The van der Waals surface area contributed by atoms with Crippen LogP contribution in [0.15, 0.2) is 82.2 Å². The van der Waals surface area contributed by atoms with Crippen molar-refractivity contribution in [2.75, 3.05) is 0 Å². The van der Waals surface area contributed by atoms with Crippen LogP contribution >= 0.6 is 27.5 Å². The Morgan fingerprint density at radius 2 is 1.58 bits per heavy atom. The van der Waals surface area contributed by atoms with Gasteiger partial charge >= 0.3 is 0 Å². The molecule has 0 spiro atoms. The molecule has 3 aromatic carbocycles. The molecule has 0 unspecified atom stereocenters. The first kappa shape index (κ1) is 18.8. The number of benzene rings is 3. The van der Waals surface area contributed by atoms with E-state index in [1.54, 1.807) is 48.5 Å². The van der Waals surface area contributed by atoms with Crippen LogP contribution in [-0.4, -0.2) is 14.2 Å². The summed E-state index contributed by atoms with van der Waals surface area (Å²) in [6.07, 6.45) is 0. The summed E-state index contributed by atoms with van der Waals surface area (Å²) in [5.41, 5.74) is 1.20. The maximum Gasteiger partial charge on any atom is 0.193 e. The smallest absolute Gasteiger partial charge is 0.193 e. The second kappa shape index (κ2) is 7.74. The minimum Gasteiger partial charge on any atom is -0.289 e. The first-order valence-electron chi connectivity index (χ1n) is 7.73. The van der Waals surface area contributed by atoms with Crippen molar-refractivity contribution in [1.82, 2.24) is 0 Å². The van der Waals surface area contributed by atoms with Gasteiger partial charge in [-0.1, -0.05) is 63.9 Å². The summed E-state index contributed by atoms with van der Waals surface area (Å²) < 4.78 is 26.3. The fraction of sp³-hybridized carbons (Fsp3) is 0.0500. The number of halogens is 2. The molecular weight excluding hydrogens is 436 g/mol. The molecule has 3 nitrogen and oxygen atoms in total. The van der Waals surface area contributed by atoms with Crippen LogP contribution in [0.4, 0.5) is 0 Å². The van der Waals surface area contributed by atoms with E-state index in [-0.39, 0.29) is 16.4 Å². The summed E-state index contributed by atoms with van der Waals surface area (Å²) in [6, 6.07) is 19.8. The highest BCUT2D eigenvalue weighted by Gasteiger charge is 2.21. The fourth-order valence-corrected chi connectivity index (χ4v) is 4.38. The first-order chi connectivity index (χ1) is 12.4. The molecule has 0 fully saturated rings. The van der Waals surface area contributed by atoms with Crippen molar-refractivity contribution in [1.29, 1.82) is 0 Å². The molecule has 132 valence electrons. The zero-order valence-electron chi connectivity index (χ0n) is 13.5. The van der Waals surface area contributed by atoms with Crippen LogP contribution in [0.1, 0.15) is 21.5 Å². The summed E-state index contributed by atoms with van der Waals surface area (Å²) in [6.45, 7) is 0. The number of hydrogen-bond acceptors (Lipinski definition) is 3. The van der Waals surface area contributed by atoms with Crippen molar-refractivity contribution in [3.8, 4) is 0 Å². The van der Waals surface area contributed by atoms with E-state index in [1.165, 1.54) is 18.2 Å². The Balaban J connectivity index is 2.01. The lowest BCUT2D eigenvalue weighted by Gasteiger charge is -2.11. The summed E-state index contributed by atoms with van der Waals surface area (Å²) in [5, 5.41) is 0.383. The van der Waals surface area contributed by atoms with Crippen LogP contribution in [0.25, 0.3) is 0 Å². The Morgan fingerprint density at radius 1 is 0.923 bits per heavy atom. The van der Waals surface area contributed by atoms with Crippen molar-refractivity contribution >= 4 is 43.2 Å². The summed E-state index contributed by atoms with van der Waals surface area (Å²) in [7, 11) is -3.60. The molecule has 0 N–H and O–H groups in total. The van der Waals surface area contributed by atoms with E-state index in [0.717, 1.165) is 4.47 Å².